The van der Waals surface area contributed by atoms with E-state index in [1.807, 2.05) is 31.2 Å². The van der Waals surface area contributed by atoms with E-state index in [1.54, 1.807) is 0 Å². The first-order chi connectivity index (χ1) is 7.92. The van der Waals surface area contributed by atoms with E-state index in [0.717, 1.165) is 10.0 Å². The second-order valence-electron chi connectivity index (χ2n) is 3.87. The van der Waals surface area contributed by atoms with Crippen molar-refractivity contribution >= 4 is 15.9 Å². The molecule has 1 aromatic carbocycles. The van der Waals surface area contributed by atoms with Gasteiger partial charge in [0.25, 0.3) is 0 Å². The van der Waals surface area contributed by atoms with Crippen LogP contribution >= 0.6 is 15.9 Å². The molecule has 0 aliphatic rings. The zero-order chi connectivity index (χ0) is 12.9. The van der Waals surface area contributed by atoms with E-state index in [-0.39, 0.29) is 0 Å². The van der Waals surface area contributed by atoms with Crippen LogP contribution in [0.1, 0.15) is 18.9 Å². The van der Waals surface area contributed by atoms with Crippen LogP contribution in [0.25, 0.3) is 0 Å². The average molecular weight is 310 g/mol. The van der Waals surface area contributed by atoms with Crippen LogP contribution in [-0.4, -0.2) is 18.8 Å². The lowest BCUT2D eigenvalue weighted by molar-refractivity contribution is -0.139. The van der Waals surface area contributed by atoms with Gasteiger partial charge in [-0.25, -0.2) is 0 Å². The number of likely N-dealkylation sites (N-methyl/N-ethyl adjacent to an activating group) is 1. The van der Waals surface area contributed by atoms with Crippen LogP contribution in [-0.2, 0) is 6.42 Å². The van der Waals surface area contributed by atoms with Crippen molar-refractivity contribution in [1.29, 1.82) is 0 Å². The fourth-order valence-corrected chi connectivity index (χ4v) is 2.16. The summed E-state index contributed by atoms with van der Waals surface area (Å²) < 4.78 is 38.0. The Morgan fingerprint density at radius 1 is 1.29 bits per heavy atom. The van der Waals surface area contributed by atoms with Crippen LogP contribution in [0.3, 0.4) is 0 Å². The van der Waals surface area contributed by atoms with Gasteiger partial charge < -0.3 is 5.32 Å². The standard InChI is InChI=1S/C12H15BrF3N/c1-2-17-10(8-12(14,15)16)7-9-5-3-4-6-11(9)13/h3-6,10,17H,2,7-8H2,1H3. The van der Waals surface area contributed by atoms with Crippen molar-refractivity contribution in [3.8, 4) is 0 Å². The molecule has 1 aromatic rings. The molecule has 0 amide bonds. The van der Waals surface area contributed by atoms with Gasteiger partial charge in [0.2, 0.25) is 0 Å². The van der Waals surface area contributed by atoms with Crippen molar-refractivity contribution in [2.24, 2.45) is 0 Å². The van der Waals surface area contributed by atoms with Gasteiger partial charge in [-0.2, -0.15) is 13.2 Å². The molecular weight excluding hydrogens is 295 g/mol. The third-order valence-corrected chi connectivity index (χ3v) is 3.17. The molecule has 96 valence electrons. The molecule has 0 fully saturated rings. The first kappa shape index (κ1) is 14.5. The van der Waals surface area contributed by atoms with Crippen LogP contribution in [0.15, 0.2) is 28.7 Å². The lowest BCUT2D eigenvalue weighted by Gasteiger charge is -2.20. The van der Waals surface area contributed by atoms with Gasteiger partial charge in [-0.3, -0.25) is 0 Å². The number of halogens is 4. The lowest BCUT2D eigenvalue weighted by atomic mass is 10.0. The number of hydrogen-bond acceptors (Lipinski definition) is 1. The Bertz CT molecular complexity index is 352. The Morgan fingerprint density at radius 3 is 2.47 bits per heavy atom. The summed E-state index contributed by atoms with van der Waals surface area (Å²) in [6.07, 6.45) is -4.56. The fourth-order valence-electron chi connectivity index (χ4n) is 1.71. The zero-order valence-electron chi connectivity index (χ0n) is 9.52. The summed E-state index contributed by atoms with van der Waals surface area (Å²) >= 11 is 3.35. The highest BCUT2D eigenvalue weighted by Gasteiger charge is 2.31. The number of nitrogens with one attached hydrogen (secondary N) is 1. The van der Waals surface area contributed by atoms with Crippen LogP contribution in [0.2, 0.25) is 0 Å². The minimum absolute atomic E-state index is 0.370. The minimum atomic E-state index is -4.13. The third-order valence-electron chi connectivity index (χ3n) is 2.39. The molecule has 0 saturated heterocycles. The van der Waals surface area contributed by atoms with Crippen LogP contribution in [0, 0.1) is 0 Å². The Balaban J connectivity index is 2.70. The molecule has 1 nitrogen and oxygen atoms in total. The Morgan fingerprint density at radius 2 is 1.94 bits per heavy atom. The van der Waals surface area contributed by atoms with Gasteiger partial charge in [-0.05, 0) is 24.6 Å². The number of alkyl halides is 3. The Kier molecular flexibility index (Phi) is 5.46. The quantitative estimate of drug-likeness (QED) is 0.869. The number of hydrogen-bond donors (Lipinski definition) is 1. The molecule has 0 bridgehead atoms. The maximum atomic E-state index is 12.4. The molecule has 1 unspecified atom stereocenters. The summed E-state index contributed by atoms with van der Waals surface area (Å²) in [7, 11) is 0. The van der Waals surface area contributed by atoms with E-state index in [0.29, 0.717) is 13.0 Å². The molecule has 1 N–H and O–H groups in total. The summed E-state index contributed by atoms with van der Waals surface area (Å²) in [5, 5.41) is 2.87. The van der Waals surface area contributed by atoms with Crippen molar-refractivity contribution in [3.63, 3.8) is 0 Å². The van der Waals surface area contributed by atoms with Crippen LogP contribution in [0.5, 0.6) is 0 Å². The minimum Gasteiger partial charge on any atom is -0.314 e. The average Bonchev–Trinajstić information content (AvgIpc) is 2.19. The maximum absolute atomic E-state index is 12.4. The monoisotopic (exact) mass is 309 g/mol. The van der Waals surface area contributed by atoms with Crippen LogP contribution in [0.4, 0.5) is 13.2 Å². The molecule has 0 saturated carbocycles. The van der Waals surface area contributed by atoms with Gasteiger partial charge in [0.1, 0.15) is 0 Å². The van der Waals surface area contributed by atoms with Gasteiger partial charge in [0, 0.05) is 10.5 Å². The summed E-state index contributed by atoms with van der Waals surface area (Å²) in [4.78, 5) is 0. The van der Waals surface area contributed by atoms with Crippen molar-refractivity contribution in [2.45, 2.75) is 32.0 Å². The van der Waals surface area contributed by atoms with E-state index >= 15 is 0 Å². The van der Waals surface area contributed by atoms with E-state index in [2.05, 4.69) is 21.2 Å². The molecule has 0 aliphatic heterocycles. The van der Waals surface area contributed by atoms with Crippen molar-refractivity contribution in [3.05, 3.63) is 34.3 Å². The van der Waals surface area contributed by atoms with Crippen molar-refractivity contribution in [1.82, 2.24) is 5.32 Å². The normalized spacial score (nSPS) is 13.7. The van der Waals surface area contributed by atoms with E-state index in [9.17, 15) is 13.2 Å². The third kappa shape index (κ3) is 5.55. The van der Waals surface area contributed by atoms with Crippen LogP contribution < -0.4 is 5.32 Å². The molecule has 0 aliphatic carbocycles. The topological polar surface area (TPSA) is 12.0 Å². The Labute approximate surface area is 108 Å². The predicted octanol–water partition coefficient (Wildman–Crippen LogP) is 3.92. The van der Waals surface area contributed by atoms with Gasteiger partial charge >= 0.3 is 6.18 Å². The maximum Gasteiger partial charge on any atom is 0.390 e. The summed E-state index contributed by atoms with van der Waals surface area (Å²) in [6, 6.07) is 6.78. The van der Waals surface area contributed by atoms with E-state index in [4.69, 9.17) is 0 Å². The smallest absolute Gasteiger partial charge is 0.314 e. The Hall–Kier alpha value is -0.550. The molecule has 1 rings (SSSR count). The van der Waals surface area contributed by atoms with Gasteiger partial charge in [0.05, 0.1) is 6.42 Å². The summed E-state index contributed by atoms with van der Waals surface area (Å²) in [6.45, 7) is 2.34. The first-order valence-corrected chi connectivity index (χ1v) is 6.25. The van der Waals surface area contributed by atoms with Gasteiger partial charge in [-0.1, -0.05) is 41.1 Å². The van der Waals surface area contributed by atoms with E-state index in [1.165, 1.54) is 0 Å². The van der Waals surface area contributed by atoms with E-state index < -0.39 is 18.6 Å². The zero-order valence-corrected chi connectivity index (χ0v) is 11.1. The van der Waals surface area contributed by atoms with Crippen molar-refractivity contribution < 1.29 is 13.2 Å². The molecule has 1 atom stereocenters. The second-order valence-corrected chi connectivity index (χ2v) is 4.72. The molecule has 0 heterocycles. The highest BCUT2D eigenvalue weighted by atomic mass is 79.9. The summed E-state index contributed by atoms with van der Waals surface area (Å²) in [5.41, 5.74) is 0.891. The highest BCUT2D eigenvalue weighted by molar-refractivity contribution is 9.10. The van der Waals surface area contributed by atoms with Crippen molar-refractivity contribution in [2.75, 3.05) is 6.54 Å². The predicted molar refractivity (Wildman–Crippen MR) is 66.0 cm³/mol. The SMILES string of the molecule is CCNC(Cc1ccccc1Br)CC(F)(F)F. The molecule has 17 heavy (non-hydrogen) atoms. The molecule has 0 radical (unpaired) electrons. The van der Waals surface area contributed by atoms with Gasteiger partial charge in [-0.15, -0.1) is 0 Å². The fraction of sp³-hybridized carbons (Fsp3) is 0.500. The lowest BCUT2D eigenvalue weighted by Crippen LogP contribution is -2.35. The number of benzene rings is 1. The molecule has 5 heteroatoms. The first-order valence-electron chi connectivity index (χ1n) is 5.46. The molecule has 0 spiro atoms. The highest BCUT2D eigenvalue weighted by Crippen LogP contribution is 2.25. The molecule has 0 aromatic heterocycles. The van der Waals surface area contributed by atoms with Gasteiger partial charge in [0.15, 0.2) is 0 Å². The molecular formula is C12H15BrF3N. The number of rotatable bonds is 5. The largest absolute Gasteiger partial charge is 0.390 e. The second kappa shape index (κ2) is 6.40. The summed E-state index contributed by atoms with van der Waals surface area (Å²) in [5.74, 6) is 0.